The zero-order valence-electron chi connectivity index (χ0n) is 20.3. The molecule has 2 aromatic carbocycles. The number of hydrogen-bond acceptors (Lipinski definition) is 4. The lowest BCUT2D eigenvalue weighted by molar-refractivity contribution is -0.120. The Morgan fingerprint density at radius 3 is 2.39 bits per heavy atom. The number of amides is 1. The number of phenols is 1. The Hall–Kier alpha value is -2.63. The fraction of sp³-hybridized carbons (Fsp3) is 0.464. The largest absolute Gasteiger partial charge is 0.508 e. The van der Waals surface area contributed by atoms with Crippen LogP contribution in [0.1, 0.15) is 57.6 Å². The molecule has 0 aliphatic rings. The molecule has 0 saturated carbocycles. The summed E-state index contributed by atoms with van der Waals surface area (Å²) in [6.07, 6.45) is 8.86. The molecule has 0 spiro atoms. The first-order valence-electron chi connectivity index (χ1n) is 12.2. The summed E-state index contributed by atoms with van der Waals surface area (Å²) in [5, 5.41) is 16.8. The molecule has 0 fully saturated rings. The monoisotopic (exact) mass is 451 g/mol. The molecule has 180 valence electrons. The molecule has 1 amide bonds. The van der Waals surface area contributed by atoms with Crippen LogP contribution in [0.25, 0.3) is 6.08 Å². The molecule has 0 radical (unpaired) electrons. The van der Waals surface area contributed by atoms with Crippen LogP contribution in [-0.2, 0) is 11.2 Å². The Labute approximate surface area is 199 Å². The molecule has 0 aliphatic heterocycles. The number of carbonyl (C=O) groups is 1. The third-order valence-electron chi connectivity index (χ3n) is 5.72. The van der Waals surface area contributed by atoms with Gasteiger partial charge in [0.2, 0.25) is 5.91 Å². The van der Waals surface area contributed by atoms with Gasteiger partial charge in [0.1, 0.15) is 5.75 Å². The fourth-order valence-corrected chi connectivity index (χ4v) is 3.93. The van der Waals surface area contributed by atoms with Gasteiger partial charge >= 0.3 is 0 Å². The van der Waals surface area contributed by atoms with E-state index in [4.69, 9.17) is 5.73 Å². The summed E-state index contributed by atoms with van der Waals surface area (Å²) in [7, 11) is 0. The number of unbranched alkanes of at least 4 members (excludes halogenated alkanes) is 1. The predicted octanol–water partition coefficient (Wildman–Crippen LogP) is 4.65. The quantitative estimate of drug-likeness (QED) is 0.317. The van der Waals surface area contributed by atoms with Crippen molar-refractivity contribution in [3.05, 3.63) is 71.8 Å². The molecule has 5 nitrogen and oxygen atoms in total. The van der Waals surface area contributed by atoms with E-state index in [1.54, 1.807) is 12.1 Å². The number of aromatic hydroxyl groups is 1. The molecular formula is C28H41N3O2. The first-order valence-corrected chi connectivity index (χ1v) is 12.2. The molecule has 5 N–H and O–H groups in total. The third kappa shape index (κ3) is 10.7. The molecule has 0 saturated heterocycles. The van der Waals surface area contributed by atoms with Crippen LogP contribution >= 0.6 is 0 Å². The van der Waals surface area contributed by atoms with Crippen molar-refractivity contribution in [2.45, 2.75) is 71.0 Å². The number of hydrogen-bond donors (Lipinski definition) is 4. The molecule has 1 unspecified atom stereocenters. The lowest BCUT2D eigenvalue weighted by atomic mass is 10.00. The highest BCUT2D eigenvalue weighted by atomic mass is 16.3. The number of benzene rings is 2. The summed E-state index contributed by atoms with van der Waals surface area (Å²) < 4.78 is 0. The SMILES string of the molecule is CCCC[C@H](NC(CN[C@H](C=Cc1ccccc1)CC(C)C)Cc1ccc(O)cc1)C(N)=O. The van der Waals surface area contributed by atoms with Crippen molar-refractivity contribution in [1.82, 2.24) is 10.6 Å². The highest BCUT2D eigenvalue weighted by Gasteiger charge is 2.21. The standard InChI is InChI=1S/C28H41N3O2/c1-4-5-11-27(28(29)33)31-25(19-23-13-16-26(32)17-14-23)20-30-24(18-21(2)3)15-12-22-9-7-6-8-10-22/h6-10,12-17,21,24-25,27,30-32H,4-5,11,18-20H2,1-3H3,(H2,29,33)/t24-,25?,27+/m1/s1. The van der Waals surface area contributed by atoms with E-state index in [2.05, 4.69) is 55.7 Å². The van der Waals surface area contributed by atoms with E-state index < -0.39 is 0 Å². The van der Waals surface area contributed by atoms with Crippen molar-refractivity contribution in [3.63, 3.8) is 0 Å². The molecule has 0 heterocycles. The van der Waals surface area contributed by atoms with Crippen molar-refractivity contribution in [1.29, 1.82) is 0 Å². The number of nitrogens with one attached hydrogen (secondary N) is 2. The second kappa shape index (κ2) is 14.5. The average Bonchev–Trinajstić information content (AvgIpc) is 2.79. The van der Waals surface area contributed by atoms with Crippen LogP contribution in [0.15, 0.2) is 60.7 Å². The van der Waals surface area contributed by atoms with Crippen LogP contribution in [0.3, 0.4) is 0 Å². The van der Waals surface area contributed by atoms with E-state index in [9.17, 15) is 9.90 Å². The summed E-state index contributed by atoms with van der Waals surface area (Å²) in [5.41, 5.74) is 7.99. The van der Waals surface area contributed by atoms with Crippen molar-refractivity contribution in [2.24, 2.45) is 11.7 Å². The van der Waals surface area contributed by atoms with Gasteiger partial charge < -0.3 is 21.5 Å². The Morgan fingerprint density at radius 2 is 1.79 bits per heavy atom. The molecule has 0 bridgehead atoms. The molecule has 0 aliphatic carbocycles. The lowest BCUT2D eigenvalue weighted by Gasteiger charge is -2.27. The molecular weight excluding hydrogens is 410 g/mol. The lowest BCUT2D eigenvalue weighted by Crippen LogP contribution is -2.51. The summed E-state index contributed by atoms with van der Waals surface area (Å²) in [4.78, 5) is 12.1. The average molecular weight is 452 g/mol. The maximum absolute atomic E-state index is 12.1. The van der Waals surface area contributed by atoms with E-state index in [1.165, 1.54) is 5.56 Å². The summed E-state index contributed by atoms with van der Waals surface area (Å²) in [5.74, 6) is 0.499. The predicted molar refractivity (Wildman–Crippen MR) is 138 cm³/mol. The molecule has 3 atom stereocenters. The Kier molecular flexibility index (Phi) is 11.7. The summed E-state index contributed by atoms with van der Waals surface area (Å²) in [6, 6.07) is 17.5. The van der Waals surface area contributed by atoms with Gasteiger partial charge in [0.25, 0.3) is 0 Å². The van der Waals surface area contributed by atoms with E-state index in [0.717, 1.165) is 37.7 Å². The Balaban J connectivity index is 2.12. The first kappa shape index (κ1) is 26.6. The maximum atomic E-state index is 12.1. The second-order valence-corrected chi connectivity index (χ2v) is 9.25. The zero-order chi connectivity index (χ0) is 24.1. The van der Waals surface area contributed by atoms with E-state index >= 15 is 0 Å². The number of phenolic OH excluding ortho intramolecular Hbond substituents is 1. The first-order chi connectivity index (χ1) is 15.9. The van der Waals surface area contributed by atoms with Gasteiger partial charge in [-0.3, -0.25) is 4.79 Å². The minimum atomic E-state index is -0.350. The maximum Gasteiger partial charge on any atom is 0.234 e. The smallest absolute Gasteiger partial charge is 0.234 e. The Morgan fingerprint density at radius 1 is 1.09 bits per heavy atom. The molecule has 2 aromatic rings. The van der Waals surface area contributed by atoms with Crippen LogP contribution in [0.5, 0.6) is 5.75 Å². The van der Waals surface area contributed by atoms with Crippen molar-refractivity contribution >= 4 is 12.0 Å². The highest BCUT2D eigenvalue weighted by Crippen LogP contribution is 2.14. The van der Waals surface area contributed by atoms with Crippen LogP contribution in [-0.4, -0.2) is 35.7 Å². The van der Waals surface area contributed by atoms with Crippen molar-refractivity contribution in [2.75, 3.05) is 6.54 Å². The van der Waals surface area contributed by atoms with E-state index in [0.29, 0.717) is 12.5 Å². The van der Waals surface area contributed by atoms with Gasteiger partial charge in [-0.2, -0.15) is 0 Å². The third-order valence-corrected chi connectivity index (χ3v) is 5.72. The number of carbonyl (C=O) groups excluding carboxylic acids is 1. The van der Waals surface area contributed by atoms with Gasteiger partial charge in [-0.1, -0.05) is 88.2 Å². The zero-order valence-corrected chi connectivity index (χ0v) is 20.3. The number of rotatable bonds is 15. The van der Waals surface area contributed by atoms with Crippen LogP contribution in [0.4, 0.5) is 0 Å². The molecule has 0 aromatic heterocycles. The highest BCUT2D eigenvalue weighted by molar-refractivity contribution is 5.79. The molecule has 2 rings (SSSR count). The van der Waals surface area contributed by atoms with Gasteiger partial charge in [-0.25, -0.2) is 0 Å². The van der Waals surface area contributed by atoms with E-state index in [-0.39, 0.29) is 29.8 Å². The minimum Gasteiger partial charge on any atom is -0.508 e. The second-order valence-electron chi connectivity index (χ2n) is 9.25. The van der Waals surface area contributed by atoms with E-state index in [1.807, 2.05) is 30.3 Å². The van der Waals surface area contributed by atoms with Gasteiger partial charge in [-0.05, 0) is 48.4 Å². The molecule has 5 heteroatoms. The normalized spacial score (nSPS) is 14.4. The Bertz CT molecular complexity index is 834. The number of nitrogens with two attached hydrogens (primary N) is 1. The van der Waals surface area contributed by atoms with Gasteiger partial charge in [0.15, 0.2) is 0 Å². The fourth-order valence-electron chi connectivity index (χ4n) is 3.93. The van der Waals surface area contributed by atoms with Crippen molar-refractivity contribution < 1.29 is 9.90 Å². The summed E-state index contributed by atoms with van der Waals surface area (Å²) in [6.45, 7) is 7.27. The van der Waals surface area contributed by atoms with Gasteiger partial charge in [0.05, 0.1) is 6.04 Å². The molecule has 33 heavy (non-hydrogen) atoms. The minimum absolute atomic E-state index is 0.0312. The topological polar surface area (TPSA) is 87.4 Å². The number of primary amides is 1. The van der Waals surface area contributed by atoms with Gasteiger partial charge in [-0.15, -0.1) is 0 Å². The van der Waals surface area contributed by atoms with Crippen LogP contribution in [0, 0.1) is 5.92 Å². The summed E-state index contributed by atoms with van der Waals surface area (Å²) >= 11 is 0. The van der Waals surface area contributed by atoms with Crippen molar-refractivity contribution in [3.8, 4) is 5.75 Å². The van der Waals surface area contributed by atoms with Gasteiger partial charge in [0, 0.05) is 18.6 Å². The van der Waals surface area contributed by atoms with Crippen LogP contribution < -0.4 is 16.4 Å². The van der Waals surface area contributed by atoms with Crippen LogP contribution in [0.2, 0.25) is 0 Å².